The molecule has 1 N–H and O–H groups in total. The van der Waals surface area contributed by atoms with Crippen LogP contribution >= 0.6 is 0 Å². The summed E-state index contributed by atoms with van der Waals surface area (Å²) >= 11 is 0. The van der Waals surface area contributed by atoms with Gasteiger partial charge < -0.3 is 14.6 Å². The highest BCUT2D eigenvalue weighted by atomic mass is 16.7. The molecule has 2 heterocycles. The summed E-state index contributed by atoms with van der Waals surface area (Å²) in [6.45, 7) is 14.6. The molecule has 4 nitrogen and oxygen atoms in total. The molecular formula is C30H46O4. The van der Waals surface area contributed by atoms with Gasteiger partial charge in [-0.25, -0.2) is 0 Å². The molecule has 0 amide bonds. The van der Waals surface area contributed by atoms with Crippen LogP contribution in [0.3, 0.4) is 0 Å². The van der Waals surface area contributed by atoms with Crippen LogP contribution in [0.25, 0.3) is 0 Å². The number of carbonyl (C=O) groups excluding carboxylic acids is 1. The van der Waals surface area contributed by atoms with Gasteiger partial charge in [-0.1, -0.05) is 59.1 Å². The predicted octanol–water partition coefficient (Wildman–Crippen LogP) is 6.56. The average molecular weight is 471 g/mol. The molecule has 190 valence electrons. The minimum atomic E-state index is -0.700. The normalized spacial score (nSPS) is 56.6. The lowest BCUT2D eigenvalue weighted by Crippen LogP contribution is -2.57. The van der Waals surface area contributed by atoms with Gasteiger partial charge in [0, 0.05) is 24.9 Å². The number of hydrogen-bond donors (Lipinski definition) is 1. The summed E-state index contributed by atoms with van der Waals surface area (Å²) in [5.74, 6) is 0.128. The van der Waals surface area contributed by atoms with Crippen LogP contribution in [0.1, 0.15) is 112 Å². The third-order valence-electron chi connectivity index (χ3n) is 12.9. The molecule has 6 aliphatic rings. The monoisotopic (exact) mass is 470 g/mol. The van der Waals surface area contributed by atoms with Gasteiger partial charge in [0.2, 0.25) is 5.79 Å². The molecular weight excluding hydrogens is 424 g/mol. The topological polar surface area (TPSA) is 55.8 Å². The van der Waals surface area contributed by atoms with Gasteiger partial charge in [-0.15, -0.1) is 0 Å². The van der Waals surface area contributed by atoms with Crippen LogP contribution in [0.2, 0.25) is 0 Å². The highest BCUT2D eigenvalue weighted by Gasteiger charge is 2.74. The molecule has 2 saturated carbocycles. The molecule has 34 heavy (non-hydrogen) atoms. The standard InChI is InChI=1S/C30H46O4/c1-19-16-29(33-24(19)32)17-20(2)30(34-29)15-14-27(5)22-8-9-23-25(3,18-31)11-7-12-26(23,4)21(22)10-13-28(27,30)6/h19-20,23,31H,7-18H2,1-6H3/t19-,20-,23+,25-,26-,27+,28+,29+,30+/m1/s1. The summed E-state index contributed by atoms with van der Waals surface area (Å²) < 4.78 is 13.1. The number of ether oxygens (including phenoxy) is 2. The SMILES string of the molecule is C[C@@H]1C[C@]2(C[C@@H](C)[C@]3(CC[C@@]4(C)C5=C(CC[C@@]43C)[C@@]3(C)CCC[C@](C)(CO)[C@@H]3CC5)O2)OC1=O. The van der Waals surface area contributed by atoms with Crippen LogP contribution in [0.5, 0.6) is 0 Å². The predicted molar refractivity (Wildman–Crippen MR) is 132 cm³/mol. The van der Waals surface area contributed by atoms with Crippen molar-refractivity contribution in [3.8, 4) is 0 Å². The molecule has 4 heteroatoms. The Kier molecular flexibility index (Phi) is 4.78. The van der Waals surface area contributed by atoms with Crippen molar-refractivity contribution < 1.29 is 19.4 Å². The zero-order chi connectivity index (χ0) is 24.4. The van der Waals surface area contributed by atoms with E-state index in [-0.39, 0.29) is 39.1 Å². The minimum Gasteiger partial charge on any atom is -0.433 e. The molecule has 0 aromatic heterocycles. The number of aliphatic hydroxyl groups is 1. The fraction of sp³-hybridized carbons (Fsp3) is 0.900. The van der Waals surface area contributed by atoms with Crippen molar-refractivity contribution >= 4 is 5.97 Å². The van der Waals surface area contributed by atoms with Gasteiger partial charge in [0.05, 0.1) is 11.5 Å². The molecule has 4 aliphatic carbocycles. The smallest absolute Gasteiger partial charge is 0.311 e. The number of rotatable bonds is 1. The van der Waals surface area contributed by atoms with Crippen LogP contribution in [-0.4, -0.2) is 29.1 Å². The summed E-state index contributed by atoms with van der Waals surface area (Å²) in [7, 11) is 0. The van der Waals surface area contributed by atoms with Crippen molar-refractivity contribution in [1.82, 2.24) is 0 Å². The third-order valence-corrected chi connectivity index (χ3v) is 12.9. The largest absolute Gasteiger partial charge is 0.433 e. The van der Waals surface area contributed by atoms with E-state index in [2.05, 4.69) is 34.6 Å². The molecule has 4 fully saturated rings. The van der Waals surface area contributed by atoms with Gasteiger partial charge in [0.15, 0.2) is 0 Å². The van der Waals surface area contributed by atoms with Gasteiger partial charge in [0.1, 0.15) is 0 Å². The molecule has 0 bridgehead atoms. The van der Waals surface area contributed by atoms with Gasteiger partial charge in [-0.3, -0.25) is 4.79 Å². The average Bonchev–Trinajstić information content (AvgIpc) is 3.31. The van der Waals surface area contributed by atoms with E-state index < -0.39 is 5.79 Å². The fourth-order valence-electron chi connectivity index (χ4n) is 10.9. The van der Waals surface area contributed by atoms with Crippen LogP contribution in [-0.2, 0) is 14.3 Å². The van der Waals surface area contributed by atoms with Gasteiger partial charge >= 0.3 is 5.97 Å². The molecule has 2 aliphatic heterocycles. The molecule has 0 aromatic carbocycles. The number of allylic oxidation sites excluding steroid dienone is 2. The second kappa shape index (κ2) is 6.91. The first kappa shape index (κ1) is 23.5. The van der Waals surface area contributed by atoms with E-state index in [9.17, 15) is 9.90 Å². The number of hydrogen-bond acceptors (Lipinski definition) is 4. The molecule has 0 aromatic rings. The summed E-state index contributed by atoms with van der Waals surface area (Å²) in [5.41, 5.74) is 3.75. The van der Waals surface area contributed by atoms with Crippen LogP contribution in [0, 0.1) is 39.4 Å². The lowest BCUT2D eigenvalue weighted by Gasteiger charge is -2.62. The zero-order valence-electron chi connectivity index (χ0n) is 22.4. The Morgan fingerprint density at radius 1 is 0.941 bits per heavy atom. The molecule has 0 unspecified atom stereocenters. The Balaban J connectivity index is 1.40. The lowest BCUT2D eigenvalue weighted by atomic mass is 9.43. The van der Waals surface area contributed by atoms with E-state index in [1.807, 2.05) is 6.92 Å². The Hall–Kier alpha value is -0.870. The van der Waals surface area contributed by atoms with Crippen LogP contribution in [0.15, 0.2) is 11.1 Å². The van der Waals surface area contributed by atoms with E-state index in [4.69, 9.17) is 9.47 Å². The minimum absolute atomic E-state index is 0.0537. The van der Waals surface area contributed by atoms with Crippen molar-refractivity contribution in [3.63, 3.8) is 0 Å². The molecule has 2 saturated heterocycles. The Labute approximate surface area is 206 Å². The summed E-state index contributed by atoms with van der Waals surface area (Å²) in [4.78, 5) is 12.4. The van der Waals surface area contributed by atoms with E-state index in [1.165, 1.54) is 32.1 Å². The number of fused-ring (bicyclic) bond motifs is 5. The van der Waals surface area contributed by atoms with E-state index >= 15 is 0 Å². The maximum atomic E-state index is 12.4. The summed E-state index contributed by atoms with van der Waals surface area (Å²) in [6, 6.07) is 0. The first-order valence-electron chi connectivity index (χ1n) is 14.2. The highest BCUT2D eigenvalue weighted by molar-refractivity contribution is 5.74. The van der Waals surface area contributed by atoms with E-state index in [1.54, 1.807) is 11.1 Å². The van der Waals surface area contributed by atoms with Crippen molar-refractivity contribution in [2.45, 2.75) is 124 Å². The Bertz CT molecular complexity index is 955. The summed E-state index contributed by atoms with van der Waals surface area (Å²) in [6.07, 6.45) is 12.2. The molecule has 0 radical (unpaired) electrons. The quantitative estimate of drug-likeness (QED) is 0.348. The highest BCUT2D eigenvalue weighted by Crippen LogP contribution is 2.76. The zero-order valence-corrected chi connectivity index (χ0v) is 22.4. The number of aliphatic hydroxyl groups excluding tert-OH is 1. The Morgan fingerprint density at radius 2 is 1.71 bits per heavy atom. The maximum absolute atomic E-state index is 12.4. The number of carbonyl (C=O) groups is 1. The third kappa shape index (κ3) is 2.56. The van der Waals surface area contributed by atoms with Crippen LogP contribution in [0.4, 0.5) is 0 Å². The van der Waals surface area contributed by atoms with E-state index in [0.29, 0.717) is 24.9 Å². The van der Waals surface area contributed by atoms with Crippen molar-refractivity contribution in [3.05, 3.63) is 11.1 Å². The fourth-order valence-corrected chi connectivity index (χ4v) is 10.9. The molecule has 2 spiro atoms. The Morgan fingerprint density at radius 3 is 2.38 bits per heavy atom. The van der Waals surface area contributed by atoms with Gasteiger partial charge in [-0.2, -0.15) is 0 Å². The van der Waals surface area contributed by atoms with Crippen LogP contribution < -0.4 is 0 Å². The summed E-state index contributed by atoms with van der Waals surface area (Å²) in [5, 5.41) is 10.4. The molecule has 6 rings (SSSR count). The maximum Gasteiger partial charge on any atom is 0.311 e. The number of esters is 1. The second-order valence-corrected chi connectivity index (χ2v) is 14.3. The van der Waals surface area contributed by atoms with Crippen molar-refractivity contribution in [2.24, 2.45) is 39.4 Å². The van der Waals surface area contributed by atoms with Gasteiger partial charge in [-0.05, 0) is 79.4 Å². The first-order valence-corrected chi connectivity index (χ1v) is 14.2. The van der Waals surface area contributed by atoms with E-state index in [0.717, 1.165) is 32.1 Å². The second-order valence-electron chi connectivity index (χ2n) is 14.3. The first-order chi connectivity index (χ1) is 15.9. The van der Waals surface area contributed by atoms with Crippen molar-refractivity contribution in [2.75, 3.05) is 6.61 Å². The van der Waals surface area contributed by atoms with Gasteiger partial charge in [0.25, 0.3) is 0 Å². The lowest BCUT2D eigenvalue weighted by molar-refractivity contribution is -0.255. The molecule has 9 atom stereocenters. The van der Waals surface area contributed by atoms with Crippen molar-refractivity contribution in [1.29, 1.82) is 0 Å².